The lowest BCUT2D eigenvalue weighted by molar-refractivity contribution is -0.144. The van der Waals surface area contributed by atoms with Crippen LogP contribution >= 0.6 is 11.6 Å². The van der Waals surface area contributed by atoms with Crippen molar-refractivity contribution in [2.75, 3.05) is 37.1 Å². The molecule has 7 nitrogen and oxygen atoms in total. The molecule has 8 heteroatoms. The van der Waals surface area contributed by atoms with Gasteiger partial charge in [-0.25, -0.2) is 0 Å². The van der Waals surface area contributed by atoms with E-state index in [2.05, 4.69) is 10.2 Å². The average molecular weight is 511 g/mol. The third kappa shape index (κ3) is 5.07. The van der Waals surface area contributed by atoms with Crippen LogP contribution in [0.1, 0.15) is 45.2 Å². The summed E-state index contributed by atoms with van der Waals surface area (Å²) in [7, 11) is 0. The van der Waals surface area contributed by atoms with Gasteiger partial charge < -0.3 is 20.0 Å². The van der Waals surface area contributed by atoms with Crippen LogP contribution < -0.4 is 10.2 Å². The molecule has 1 spiro atoms. The summed E-state index contributed by atoms with van der Waals surface area (Å²) in [5, 5.41) is 3.02. The predicted molar refractivity (Wildman–Crippen MR) is 142 cm³/mol. The van der Waals surface area contributed by atoms with Gasteiger partial charge in [0.25, 0.3) is 5.91 Å². The first-order valence-corrected chi connectivity index (χ1v) is 13.0. The number of likely N-dealkylation sites (tertiary alicyclic amines) is 1. The zero-order valence-corrected chi connectivity index (χ0v) is 22.0. The molecule has 1 atom stereocenters. The first-order valence-electron chi connectivity index (χ1n) is 12.5. The molecule has 0 radical (unpaired) electrons. The van der Waals surface area contributed by atoms with Crippen molar-refractivity contribution < 1.29 is 14.4 Å². The standard InChI is InChI=1S/C28H35ClN4O3/c1-21(22-10-6-4-7-11-22)30-24(34)18-32-20-33(23-12-8-5-9-13-23)28(26(32)36)14-16-31(17-15-28)25(35)27(2,3)19-29/h4-13,21H,14-20H2,1-3H3,(H,30,34). The van der Waals surface area contributed by atoms with Gasteiger partial charge in [-0.2, -0.15) is 0 Å². The van der Waals surface area contributed by atoms with Crippen LogP contribution in [0.4, 0.5) is 5.69 Å². The number of benzene rings is 2. The van der Waals surface area contributed by atoms with Gasteiger partial charge >= 0.3 is 0 Å². The zero-order chi connectivity index (χ0) is 25.9. The Kier molecular flexibility index (Phi) is 7.59. The molecule has 36 heavy (non-hydrogen) atoms. The minimum atomic E-state index is -0.783. The molecule has 3 amide bonds. The molecule has 2 heterocycles. The van der Waals surface area contributed by atoms with Crippen molar-refractivity contribution in [3.05, 3.63) is 66.2 Å². The van der Waals surface area contributed by atoms with Crippen LogP contribution in [0.5, 0.6) is 0 Å². The molecule has 1 unspecified atom stereocenters. The van der Waals surface area contributed by atoms with Crippen LogP contribution in [0.2, 0.25) is 0 Å². The lowest BCUT2D eigenvalue weighted by Crippen LogP contribution is -2.58. The molecule has 4 rings (SSSR count). The van der Waals surface area contributed by atoms with Crippen LogP contribution in [0.15, 0.2) is 60.7 Å². The highest BCUT2D eigenvalue weighted by Gasteiger charge is 2.54. The first kappa shape index (κ1) is 26.0. The number of amides is 3. The number of carbonyl (C=O) groups excluding carboxylic acids is 3. The number of piperidine rings is 1. The third-order valence-corrected chi connectivity index (χ3v) is 8.05. The number of hydrogen-bond donors (Lipinski definition) is 1. The van der Waals surface area contributed by atoms with E-state index < -0.39 is 11.0 Å². The molecule has 2 aromatic rings. The molecule has 1 N–H and O–H groups in total. The van der Waals surface area contributed by atoms with Crippen molar-refractivity contribution >= 4 is 35.0 Å². The highest BCUT2D eigenvalue weighted by Crippen LogP contribution is 2.40. The van der Waals surface area contributed by atoms with Crippen LogP contribution in [-0.4, -0.2) is 65.2 Å². The number of nitrogens with zero attached hydrogens (tertiary/aromatic N) is 3. The summed E-state index contributed by atoms with van der Waals surface area (Å²) in [5.41, 5.74) is 0.518. The number of hydrogen-bond acceptors (Lipinski definition) is 4. The van der Waals surface area contributed by atoms with E-state index in [9.17, 15) is 14.4 Å². The maximum absolute atomic E-state index is 13.9. The van der Waals surface area contributed by atoms with E-state index in [1.54, 1.807) is 4.90 Å². The van der Waals surface area contributed by atoms with Crippen molar-refractivity contribution in [3.8, 4) is 0 Å². The van der Waals surface area contributed by atoms with Gasteiger partial charge in [0.05, 0.1) is 18.1 Å². The van der Waals surface area contributed by atoms with E-state index in [1.807, 2.05) is 86.3 Å². The molecular formula is C28H35ClN4O3. The van der Waals surface area contributed by atoms with Crippen molar-refractivity contribution in [1.29, 1.82) is 0 Å². The van der Waals surface area contributed by atoms with Crippen molar-refractivity contribution in [1.82, 2.24) is 15.1 Å². The average Bonchev–Trinajstić information content (AvgIpc) is 3.15. The second-order valence-corrected chi connectivity index (χ2v) is 10.7. The van der Waals surface area contributed by atoms with Gasteiger partial charge in [-0.3, -0.25) is 14.4 Å². The lowest BCUT2D eigenvalue weighted by Gasteiger charge is -2.44. The SMILES string of the molecule is CC(NC(=O)CN1CN(c2ccccc2)C2(CCN(C(=O)C(C)(C)CCl)CC2)C1=O)c1ccccc1. The van der Waals surface area contributed by atoms with Gasteiger partial charge in [0.15, 0.2) is 0 Å². The van der Waals surface area contributed by atoms with Crippen molar-refractivity contribution in [2.24, 2.45) is 5.41 Å². The second kappa shape index (κ2) is 10.5. The molecule has 2 aliphatic rings. The molecule has 2 saturated heterocycles. The number of halogens is 1. The normalized spacial score (nSPS) is 18.4. The van der Waals surface area contributed by atoms with E-state index in [1.165, 1.54) is 0 Å². The van der Waals surface area contributed by atoms with E-state index in [0.717, 1.165) is 11.3 Å². The van der Waals surface area contributed by atoms with Gasteiger partial charge in [-0.15, -0.1) is 11.6 Å². The van der Waals surface area contributed by atoms with Gasteiger partial charge in [0.2, 0.25) is 11.8 Å². The second-order valence-electron chi connectivity index (χ2n) is 10.4. The fraction of sp³-hybridized carbons (Fsp3) is 0.464. The van der Waals surface area contributed by atoms with Gasteiger partial charge in [-0.05, 0) is 51.3 Å². The Hall–Kier alpha value is -3.06. The number of nitrogens with one attached hydrogen (secondary N) is 1. The van der Waals surface area contributed by atoms with Crippen LogP contribution in [-0.2, 0) is 14.4 Å². The fourth-order valence-corrected chi connectivity index (χ4v) is 5.29. The minimum Gasteiger partial charge on any atom is -0.348 e. The van der Waals surface area contributed by atoms with E-state index in [4.69, 9.17) is 11.6 Å². The number of rotatable bonds is 7. The molecule has 2 fully saturated rings. The summed E-state index contributed by atoms with van der Waals surface area (Å²) >= 11 is 6.04. The molecular weight excluding hydrogens is 476 g/mol. The number of anilines is 1. The summed E-state index contributed by atoms with van der Waals surface area (Å²) in [5.74, 6) is 0.00123. The molecule has 0 aliphatic carbocycles. The molecule has 0 aromatic heterocycles. The van der Waals surface area contributed by atoms with E-state index in [-0.39, 0.29) is 36.2 Å². The maximum atomic E-state index is 13.9. The van der Waals surface area contributed by atoms with Crippen LogP contribution in [0, 0.1) is 5.41 Å². The summed E-state index contributed by atoms with van der Waals surface area (Å²) in [6.45, 7) is 6.89. The molecule has 2 aromatic carbocycles. The van der Waals surface area contributed by atoms with Gasteiger partial charge in [-0.1, -0.05) is 48.5 Å². The monoisotopic (exact) mass is 510 g/mol. The topological polar surface area (TPSA) is 73.0 Å². The Morgan fingerprint density at radius 1 is 1.03 bits per heavy atom. The van der Waals surface area contributed by atoms with Crippen molar-refractivity contribution in [3.63, 3.8) is 0 Å². The Morgan fingerprint density at radius 3 is 2.19 bits per heavy atom. The Labute approximate surface area is 218 Å². The first-order chi connectivity index (χ1) is 17.2. The number of para-hydroxylation sites is 1. The zero-order valence-electron chi connectivity index (χ0n) is 21.2. The quantitative estimate of drug-likeness (QED) is 0.575. The van der Waals surface area contributed by atoms with Gasteiger partial charge in [0.1, 0.15) is 12.1 Å². The smallest absolute Gasteiger partial charge is 0.250 e. The number of carbonyl (C=O) groups is 3. The Morgan fingerprint density at radius 2 is 1.61 bits per heavy atom. The third-order valence-electron chi connectivity index (χ3n) is 7.38. The molecule has 192 valence electrons. The highest BCUT2D eigenvalue weighted by atomic mass is 35.5. The summed E-state index contributed by atoms with van der Waals surface area (Å²) in [6.07, 6.45) is 1.01. The highest BCUT2D eigenvalue weighted by molar-refractivity contribution is 6.19. The van der Waals surface area contributed by atoms with E-state index in [0.29, 0.717) is 32.6 Å². The summed E-state index contributed by atoms with van der Waals surface area (Å²) in [4.78, 5) is 45.4. The largest absolute Gasteiger partial charge is 0.348 e. The molecule has 0 bridgehead atoms. The maximum Gasteiger partial charge on any atom is 0.250 e. The van der Waals surface area contributed by atoms with Crippen LogP contribution in [0.25, 0.3) is 0 Å². The minimum absolute atomic E-state index is 0.00944. The van der Waals surface area contributed by atoms with E-state index >= 15 is 0 Å². The van der Waals surface area contributed by atoms with Gasteiger partial charge in [0, 0.05) is 24.7 Å². The Bertz CT molecular complexity index is 1080. The lowest BCUT2D eigenvalue weighted by atomic mass is 9.84. The summed E-state index contributed by atoms with van der Waals surface area (Å²) in [6, 6.07) is 19.4. The van der Waals surface area contributed by atoms with Crippen LogP contribution in [0.3, 0.4) is 0 Å². The van der Waals surface area contributed by atoms with Crippen molar-refractivity contribution in [2.45, 2.75) is 45.2 Å². The predicted octanol–water partition coefficient (Wildman–Crippen LogP) is 3.80. The molecule has 0 saturated carbocycles. The summed E-state index contributed by atoms with van der Waals surface area (Å²) < 4.78 is 0. The number of alkyl halides is 1. The fourth-order valence-electron chi connectivity index (χ4n) is 5.17. The Balaban J connectivity index is 1.51. The molecule has 2 aliphatic heterocycles.